The van der Waals surface area contributed by atoms with Gasteiger partial charge in [-0.3, -0.25) is 4.99 Å². The highest BCUT2D eigenvalue weighted by atomic mass is 127. The van der Waals surface area contributed by atoms with Crippen LogP contribution in [-0.4, -0.2) is 51.3 Å². The summed E-state index contributed by atoms with van der Waals surface area (Å²) in [5.41, 5.74) is 0. The molecule has 23 heavy (non-hydrogen) atoms. The molecular weight excluding hydrogens is 403 g/mol. The van der Waals surface area contributed by atoms with Crippen LogP contribution < -0.4 is 5.32 Å². The molecule has 1 N–H and O–H groups in total. The molecule has 1 aromatic rings. The van der Waals surface area contributed by atoms with Gasteiger partial charge >= 0.3 is 0 Å². The average Bonchev–Trinajstić information content (AvgIpc) is 3.28. The summed E-state index contributed by atoms with van der Waals surface area (Å²) in [5, 5.41) is 11.8. The van der Waals surface area contributed by atoms with E-state index in [2.05, 4.69) is 31.9 Å². The molecule has 1 saturated carbocycles. The molecule has 0 aromatic carbocycles. The molecule has 1 saturated heterocycles. The van der Waals surface area contributed by atoms with Crippen LogP contribution in [0.25, 0.3) is 0 Å². The van der Waals surface area contributed by atoms with Crippen molar-refractivity contribution in [2.75, 3.05) is 19.6 Å². The molecule has 2 aliphatic rings. The fraction of sp³-hybridized carbons (Fsp3) is 0.812. The SMILES string of the molecule is CCc1nncn1CCN=C(NC1CCCC1)N1CCCC1.I. The number of aryl methyl sites for hydroxylation is 1. The summed E-state index contributed by atoms with van der Waals surface area (Å²) in [6, 6.07) is 0.625. The Balaban J connectivity index is 0.00000192. The van der Waals surface area contributed by atoms with Crippen LogP contribution in [0.2, 0.25) is 0 Å². The molecule has 7 heteroatoms. The molecule has 1 aliphatic carbocycles. The Bertz CT molecular complexity index is 489. The van der Waals surface area contributed by atoms with Gasteiger partial charge in [0.15, 0.2) is 5.96 Å². The lowest BCUT2D eigenvalue weighted by atomic mass is 10.2. The van der Waals surface area contributed by atoms with Crippen molar-refractivity contribution in [1.29, 1.82) is 0 Å². The summed E-state index contributed by atoms with van der Waals surface area (Å²) in [6.07, 6.45) is 10.6. The minimum absolute atomic E-state index is 0. The Labute approximate surface area is 156 Å². The molecule has 6 nitrogen and oxygen atoms in total. The predicted octanol–water partition coefficient (Wildman–Crippen LogP) is 2.44. The zero-order valence-electron chi connectivity index (χ0n) is 14.1. The number of nitrogens with one attached hydrogen (secondary N) is 1. The highest BCUT2D eigenvalue weighted by molar-refractivity contribution is 14.0. The van der Waals surface area contributed by atoms with E-state index in [9.17, 15) is 0 Å². The summed E-state index contributed by atoms with van der Waals surface area (Å²) < 4.78 is 2.11. The van der Waals surface area contributed by atoms with Crippen molar-refractivity contribution < 1.29 is 0 Å². The van der Waals surface area contributed by atoms with Crippen molar-refractivity contribution in [2.45, 2.75) is 64.5 Å². The molecule has 0 radical (unpaired) electrons. The minimum Gasteiger partial charge on any atom is -0.354 e. The Morgan fingerprint density at radius 3 is 2.70 bits per heavy atom. The number of aromatic nitrogens is 3. The maximum atomic E-state index is 4.87. The summed E-state index contributed by atoms with van der Waals surface area (Å²) in [6.45, 7) is 6.05. The van der Waals surface area contributed by atoms with E-state index in [1.165, 1.54) is 38.5 Å². The number of rotatable bonds is 5. The number of nitrogens with zero attached hydrogens (tertiary/aromatic N) is 5. The number of likely N-dealkylation sites (tertiary alicyclic amines) is 1. The average molecular weight is 432 g/mol. The van der Waals surface area contributed by atoms with Crippen molar-refractivity contribution in [3.63, 3.8) is 0 Å². The van der Waals surface area contributed by atoms with Gasteiger partial charge < -0.3 is 14.8 Å². The first kappa shape index (κ1) is 18.5. The molecular formula is C16H29IN6. The lowest BCUT2D eigenvalue weighted by Gasteiger charge is -2.24. The van der Waals surface area contributed by atoms with E-state index in [0.29, 0.717) is 6.04 Å². The number of hydrogen-bond donors (Lipinski definition) is 1. The van der Waals surface area contributed by atoms with Crippen molar-refractivity contribution in [1.82, 2.24) is 25.0 Å². The van der Waals surface area contributed by atoms with Gasteiger partial charge in [-0.05, 0) is 25.7 Å². The molecule has 0 unspecified atom stereocenters. The van der Waals surface area contributed by atoms with E-state index in [1.54, 1.807) is 0 Å². The Morgan fingerprint density at radius 2 is 2.00 bits per heavy atom. The normalized spacial score (nSPS) is 19.2. The Morgan fingerprint density at radius 1 is 1.26 bits per heavy atom. The van der Waals surface area contributed by atoms with Gasteiger partial charge in [-0.25, -0.2) is 0 Å². The first-order chi connectivity index (χ1) is 10.9. The molecule has 1 aliphatic heterocycles. The quantitative estimate of drug-likeness (QED) is 0.441. The zero-order valence-corrected chi connectivity index (χ0v) is 16.4. The van der Waals surface area contributed by atoms with Crippen molar-refractivity contribution in [3.05, 3.63) is 12.2 Å². The predicted molar refractivity (Wildman–Crippen MR) is 103 cm³/mol. The van der Waals surface area contributed by atoms with Crippen LogP contribution in [0, 0.1) is 0 Å². The first-order valence-electron chi connectivity index (χ1n) is 8.79. The molecule has 1 aromatic heterocycles. The van der Waals surface area contributed by atoms with Crippen molar-refractivity contribution in [3.8, 4) is 0 Å². The fourth-order valence-corrected chi connectivity index (χ4v) is 3.42. The van der Waals surface area contributed by atoms with E-state index >= 15 is 0 Å². The number of aliphatic imine (C=N–C) groups is 1. The van der Waals surface area contributed by atoms with E-state index in [0.717, 1.165) is 44.4 Å². The van der Waals surface area contributed by atoms with Gasteiger partial charge in [0.1, 0.15) is 12.2 Å². The third kappa shape index (κ3) is 5.06. The van der Waals surface area contributed by atoms with Gasteiger partial charge in [0.25, 0.3) is 0 Å². The van der Waals surface area contributed by atoms with E-state index in [1.807, 2.05) is 6.33 Å². The Hall–Kier alpha value is -0.860. The standard InChI is InChI=1S/C16H28N6.HI/c1-2-15-20-18-13-22(15)12-9-17-16(21-10-5-6-11-21)19-14-7-3-4-8-14;/h13-14H,2-12H2,1H3,(H,17,19);1H. The lowest BCUT2D eigenvalue weighted by molar-refractivity contribution is 0.469. The zero-order chi connectivity index (χ0) is 15.2. The van der Waals surface area contributed by atoms with E-state index in [-0.39, 0.29) is 24.0 Å². The fourth-order valence-electron chi connectivity index (χ4n) is 3.42. The van der Waals surface area contributed by atoms with Crippen molar-refractivity contribution >= 4 is 29.9 Å². The number of hydrogen-bond acceptors (Lipinski definition) is 3. The second-order valence-electron chi connectivity index (χ2n) is 6.32. The van der Waals surface area contributed by atoms with Crippen LogP contribution in [0.15, 0.2) is 11.3 Å². The molecule has 0 amide bonds. The van der Waals surface area contributed by atoms with Crippen LogP contribution in [0.1, 0.15) is 51.3 Å². The number of guanidine groups is 1. The summed E-state index contributed by atoms with van der Waals surface area (Å²) in [5.74, 6) is 2.16. The third-order valence-electron chi connectivity index (χ3n) is 4.71. The van der Waals surface area contributed by atoms with Gasteiger partial charge in [-0.2, -0.15) is 0 Å². The van der Waals surface area contributed by atoms with Crippen LogP contribution in [0.5, 0.6) is 0 Å². The topological polar surface area (TPSA) is 58.3 Å². The highest BCUT2D eigenvalue weighted by Gasteiger charge is 2.21. The smallest absolute Gasteiger partial charge is 0.194 e. The molecule has 2 fully saturated rings. The second-order valence-corrected chi connectivity index (χ2v) is 6.32. The maximum Gasteiger partial charge on any atom is 0.194 e. The molecule has 0 bridgehead atoms. The van der Waals surface area contributed by atoms with Crippen LogP contribution in [0.4, 0.5) is 0 Å². The monoisotopic (exact) mass is 432 g/mol. The maximum absolute atomic E-state index is 4.87. The number of halogens is 1. The van der Waals surface area contributed by atoms with Crippen LogP contribution >= 0.6 is 24.0 Å². The van der Waals surface area contributed by atoms with E-state index in [4.69, 9.17) is 4.99 Å². The van der Waals surface area contributed by atoms with Gasteiger partial charge in [-0.1, -0.05) is 19.8 Å². The van der Waals surface area contributed by atoms with E-state index < -0.39 is 0 Å². The van der Waals surface area contributed by atoms with Gasteiger partial charge in [0, 0.05) is 32.1 Å². The highest BCUT2D eigenvalue weighted by Crippen LogP contribution is 2.18. The summed E-state index contributed by atoms with van der Waals surface area (Å²) >= 11 is 0. The minimum atomic E-state index is 0. The first-order valence-corrected chi connectivity index (χ1v) is 8.79. The molecule has 0 atom stereocenters. The van der Waals surface area contributed by atoms with Gasteiger partial charge in [0.05, 0.1) is 6.54 Å². The van der Waals surface area contributed by atoms with Gasteiger partial charge in [0.2, 0.25) is 0 Å². The summed E-state index contributed by atoms with van der Waals surface area (Å²) in [4.78, 5) is 7.30. The summed E-state index contributed by atoms with van der Waals surface area (Å²) in [7, 11) is 0. The lowest BCUT2D eigenvalue weighted by Crippen LogP contribution is -2.44. The second kappa shape index (κ2) is 9.44. The molecule has 2 heterocycles. The molecule has 0 spiro atoms. The molecule has 3 rings (SSSR count). The third-order valence-corrected chi connectivity index (χ3v) is 4.71. The van der Waals surface area contributed by atoms with Crippen LogP contribution in [0.3, 0.4) is 0 Å². The van der Waals surface area contributed by atoms with Gasteiger partial charge in [-0.15, -0.1) is 34.2 Å². The van der Waals surface area contributed by atoms with Crippen LogP contribution in [-0.2, 0) is 13.0 Å². The molecule has 130 valence electrons. The Kier molecular flexibility index (Phi) is 7.58. The van der Waals surface area contributed by atoms with Crippen molar-refractivity contribution in [2.24, 2.45) is 4.99 Å². The largest absolute Gasteiger partial charge is 0.354 e.